The monoisotopic (exact) mass is 569 g/mol. The van der Waals surface area contributed by atoms with Gasteiger partial charge in [0.25, 0.3) is 0 Å². The van der Waals surface area contributed by atoms with Gasteiger partial charge < -0.3 is 25.8 Å². The standard InChI is InChI=1S/C25H27F3N3O7P/c1-25(2,3)12-6-4-5-7-15(12)31-24(37)23(36)29-10-18(33)30-16(9-19(34)35)17(32)11-38-21-20(28)13(26)8-14(27)22(21)39/h4-8,16H,9-11,39H2,1-3H3,(H,29,36)(H,30,33)(H,31,37)(H,34,35). The van der Waals surface area contributed by atoms with Gasteiger partial charge in [0.1, 0.15) is 18.5 Å². The third-order valence-corrected chi connectivity index (χ3v) is 5.76. The van der Waals surface area contributed by atoms with Gasteiger partial charge in [0, 0.05) is 11.8 Å². The molecule has 0 fully saturated rings. The number of ether oxygens (including phenoxy) is 1. The van der Waals surface area contributed by atoms with Crippen LogP contribution in [0.2, 0.25) is 0 Å². The number of carboxylic acids is 1. The van der Waals surface area contributed by atoms with Crippen molar-refractivity contribution in [2.75, 3.05) is 18.5 Å². The Morgan fingerprint density at radius 2 is 1.67 bits per heavy atom. The van der Waals surface area contributed by atoms with E-state index in [-0.39, 0.29) is 11.5 Å². The average Bonchev–Trinajstić information content (AvgIpc) is 2.84. The van der Waals surface area contributed by atoms with Crippen LogP contribution in [0.15, 0.2) is 30.3 Å². The third kappa shape index (κ3) is 8.78. The molecule has 0 aliphatic rings. The molecule has 2 aromatic rings. The van der Waals surface area contributed by atoms with Gasteiger partial charge in [0.2, 0.25) is 11.7 Å². The van der Waals surface area contributed by atoms with Gasteiger partial charge in [-0.25, -0.2) is 8.78 Å². The van der Waals surface area contributed by atoms with Crippen LogP contribution < -0.4 is 26.0 Å². The SMILES string of the molecule is CC(C)(C)c1ccccc1NC(=O)C(=O)NCC(=O)NC(CC(=O)O)C(=O)COc1c(F)c(F)cc(F)c1P. The van der Waals surface area contributed by atoms with Crippen molar-refractivity contribution in [1.82, 2.24) is 10.6 Å². The molecule has 0 aromatic heterocycles. The first kappa shape index (κ1) is 31.2. The van der Waals surface area contributed by atoms with E-state index in [0.717, 1.165) is 5.56 Å². The minimum absolute atomic E-state index is 0.276. The van der Waals surface area contributed by atoms with E-state index in [9.17, 15) is 37.1 Å². The summed E-state index contributed by atoms with van der Waals surface area (Å²) < 4.78 is 45.9. The fraction of sp³-hybridized carbons (Fsp3) is 0.320. The van der Waals surface area contributed by atoms with Gasteiger partial charge in [-0.15, -0.1) is 0 Å². The summed E-state index contributed by atoms with van der Waals surface area (Å²) in [6.45, 7) is 3.90. The summed E-state index contributed by atoms with van der Waals surface area (Å²) in [4.78, 5) is 60.4. The Balaban J connectivity index is 1.99. The summed E-state index contributed by atoms with van der Waals surface area (Å²) in [5, 5.41) is 15.1. The fourth-order valence-corrected chi connectivity index (χ4v) is 3.60. The van der Waals surface area contributed by atoms with E-state index in [0.29, 0.717) is 5.69 Å². The third-order valence-electron chi connectivity index (χ3n) is 5.22. The minimum atomic E-state index is -1.70. The summed E-state index contributed by atoms with van der Waals surface area (Å²) in [5.41, 5.74) is 0.808. The van der Waals surface area contributed by atoms with Gasteiger partial charge in [-0.3, -0.25) is 24.0 Å². The average molecular weight is 569 g/mol. The fourth-order valence-electron chi connectivity index (χ4n) is 3.30. The number of benzene rings is 2. The van der Waals surface area contributed by atoms with Gasteiger partial charge in [-0.05, 0) is 17.0 Å². The Morgan fingerprint density at radius 1 is 1.03 bits per heavy atom. The lowest BCUT2D eigenvalue weighted by molar-refractivity contribution is -0.140. The van der Waals surface area contributed by atoms with Crippen molar-refractivity contribution in [3.63, 3.8) is 0 Å². The molecule has 0 heterocycles. The van der Waals surface area contributed by atoms with Gasteiger partial charge in [-0.1, -0.05) is 48.2 Å². The molecule has 14 heteroatoms. The van der Waals surface area contributed by atoms with Gasteiger partial charge in [0.05, 0.1) is 18.3 Å². The van der Waals surface area contributed by atoms with Crippen LogP contribution in [0.1, 0.15) is 32.8 Å². The number of para-hydroxylation sites is 1. The van der Waals surface area contributed by atoms with Gasteiger partial charge in [0.15, 0.2) is 17.3 Å². The molecule has 0 spiro atoms. The van der Waals surface area contributed by atoms with Crippen LogP contribution in [-0.4, -0.2) is 53.8 Å². The van der Waals surface area contributed by atoms with Crippen molar-refractivity contribution in [3.8, 4) is 5.75 Å². The van der Waals surface area contributed by atoms with Crippen molar-refractivity contribution < 1.29 is 47.0 Å². The number of carboxylic acid groups (broad SMARTS) is 1. The van der Waals surface area contributed by atoms with Gasteiger partial charge >= 0.3 is 17.8 Å². The minimum Gasteiger partial charge on any atom is -0.482 e. The Kier molecular flexibility index (Phi) is 10.6. The topological polar surface area (TPSA) is 151 Å². The highest BCUT2D eigenvalue weighted by molar-refractivity contribution is 7.27. The second-order valence-electron chi connectivity index (χ2n) is 9.30. The first-order valence-electron chi connectivity index (χ1n) is 11.4. The number of nitrogens with one attached hydrogen (secondary N) is 3. The molecular weight excluding hydrogens is 542 g/mol. The number of rotatable bonds is 10. The summed E-state index contributed by atoms with van der Waals surface area (Å²) >= 11 is 0. The van der Waals surface area contributed by atoms with Crippen LogP contribution in [-0.2, 0) is 29.4 Å². The molecule has 10 nitrogen and oxygen atoms in total. The molecule has 0 saturated heterocycles. The summed E-state index contributed by atoms with van der Waals surface area (Å²) in [6, 6.07) is 5.40. The Bertz CT molecular complexity index is 1270. The maximum atomic E-state index is 13.9. The molecule has 0 radical (unpaired) electrons. The molecule has 2 unspecified atom stereocenters. The lowest BCUT2D eigenvalue weighted by Gasteiger charge is -2.22. The van der Waals surface area contributed by atoms with E-state index >= 15 is 0 Å². The second kappa shape index (κ2) is 13.2. The van der Waals surface area contributed by atoms with Crippen LogP contribution in [0.25, 0.3) is 0 Å². The largest absolute Gasteiger partial charge is 0.482 e. The molecule has 0 saturated carbocycles. The number of carbonyl (C=O) groups excluding carboxylic acids is 4. The number of hydrogen-bond donors (Lipinski definition) is 4. The maximum Gasteiger partial charge on any atom is 0.313 e. The zero-order valence-corrected chi connectivity index (χ0v) is 22.3. The molecule has 210 valence electrons. The number of amides is 3. The highest BCUT2D eigenvalue weighted by atomic mass is 31.0. The molecule has 0 aliphatic carbocycles. The normalized spacial score (nSPS) is 11.8. The molecule has 0 bridgehead atoms. The van der Waals surface area contributed by atoms with E-state index in [1.54, 1.807) is 33.5 Å². The first-order valence-corrected chi connectivity index (χ1v) is 12.0. The summed E-state index contributed by atoms with van der Waals surface area (Å²) in [6.07, 6.45) is -0.917. The van der Waals surface area contributed by atoms with Crippen LogP contribution >= 0.6 is 9.24 Å². The summed E-state index contributed by atoms with van der Waals surface area (Å²) in [5.74, 6) is -11.1. The van der Waals surface area contributed by atoms with Crippen molar-refractivity contribution in [2.24, 2.45) is 0 Å². The predicted molar refractivity (Wildman–Crippen MR) is 137 cm³/mol. The second-order valence-corrected chi connectivity index (χ2v) is 9.88. The van der Waals surface area contributed by atoms with E-state index in [1.807, 2.05) is 20.8 Å². The molecule has 2 rings (SSSR count). The number of aliphatic carboxylic acids is 1. The quantitative estimate of drug-likeness (QED) is 0.193. The lowest BCUT2D eigenvalue weighted by atomic mass is 9.86. The van der Waals surface area contributed by atoms with Crippen LogP contribution in [0.5, 0.6) is 5.75 Å². The highest BCUT2D eigenvalue weighted by Gasteiger charge is 2.27. The Hall–Kier alpha value is -3.99. The molecule has 4 N–H and O–H groups in total. The van der Waals surface area contributed by atoms with E-state index in [4.69, 9.17) is 9.84 Å². The molecular formula is C25H27F3N3O7P. The maximum absolute atomic E-state index is 13.9. The van der Waals surface area contributed by atoms with Crippen LogP contribution in [0.4, 0.5) is 18.9 Å². The predicted octanol–water partition coefficient (Wildman–Crippen LogP) is 1.56. The van der Waals surface area contributed by atoms with Crippen molar-refractivity contribution in [2.45, 2.75) is 38.6 Å². The number of hydrogen-bond acceptors (Lipinski definition) is 6. The number of ketones is 1. The van der Waals surface area contributed by atoms with Crippen molar-refractivity contribution in [3.05, 3.63) is 53.3 Å². The zero-order chi connectivity index (χ0) is 29.5. The number of Topliss-reactive ketones (excluding diaryl/α,β-unsaturated/α-hetero) is 1. The van der Waals surface area contributed by atoms with E-state index in [1.165, 1.54) is 0 Å². The van der Waals surface area contributed by atoms with E-state index < -0.39 is 83.6 Å². The molecule has 3 amide bonds. The number of carbonyl (C=O) groups is 5. The Morgan fingerprint density at radius 3 is 2.28 bits per heavy atom. The highest BCUT2D eigenvalue weighted by Crippen LogP contribution is 2.29. The van der Waals surface area contributed by atoms with Crippen LogP contribution in [0, 0.1) is 17.5 Å². The summed E-state index contributed by atoms with van der Waals surface area (Å²) in [7, 11) is 1.78. The van der Waals surface area contributed by atoms with Crippen LogP contribution in [0.3, 0.4) is 0 Å². The molecule has 2 atom stereocenters. The number of anilines is 1. The van der Waals surface area contributed by atoms with Crippen molar-refractivity contribution >= 4 is 49.7 Å². The molecule has 0 aliphatic heterocycles. The lowest BCUT2D eigenvalue weighted by Crippen LogP contribution is -2.49. The van der Waals surface area contributed by atoms with Crippen molar-refractivity contribution in [1.29, 1.82) is 0 Å². The Labute approximate surface area is 223 Å². The van der Waals surface area contributed by atoms with E-state index in [2.05, 4.69) is 16.0 Å². The van der Waals surface area contributed by atoms with Gasteiger partial charge in [-0.2, -0.15) is 4.39 Å². The zero-order valence-electron chi connectivity index (χ0n) is 21.2. The smallest absolute Gasteiger partial charge is 0.313 e. The molecule has 39 heavy (non-hydrogen) atoms. The number of halogens is 3. The first-order chi connectivity index (χ1) is 18.1. The molecule has 2 aromatic carbocycles.